The van der Waals surface area contributed by atoms with Gasteiger partial charge in [-0.1, -0.05) is 30.3 Å². The molecule has 0 bridgehead atoms. The molecule has 36 heavy (non-hydrogen) atoms. The van der Waals surface area contributed by atoms with E-state index in [1.807, 2.05) is 18.2 Å². The summed E-state index contributed by atoms with van der Waals surface area (Å²) in [4.78, 5) is 40.9. The van der Waals surface area contributed by atoms with E-state index in [-0.39, 0.29) is 30.4 Å². The molecule has 0 aromatic heterocycles. The molecule has 8 nitrogen and oxygen atoms in total. The van der Waals surface area contributed by atoms with Crippen LogP contribution in [0.15, 0.2) is 48.5 Å². The van der Waals surface area contributed by atoms with Crippen molar-refractivity contribution < 1.29 is 19.1 Å². The number of likely N-dealkylation sites (tertiary alicyclic amines) is 1. The fourth-order valence-corrected chi connectivity index (χ4v) is 5.41. The lowest BCUT2D eigenvalue weighted by Crippen LogP contribution is -2.56. The van der Waals surface area contributed by atoms with Gasteiger partial charge in [-0.15, -0.1) is 0 Å². The predicted molar refractivity (Wildman–Crippen MR) is 135 cm³/mol. The van der Waals surface area contributed by atoms with Crippen LogP contribution in [-0.4, -0.2) is 64.8 Å². The van der Waals surface area contributed by atoms with E-state index in [2.05, 4.69) is 53.6 Å². The predicted octanol–water partition coefficient (Wildman–Crippen LogP) is 2.47. The number of imide groups is 1. The van der Waals surface area contributed by atoms with Gasteiger partial charge in [0.2, 0.25) is 11.8 Å². The quantitative estimate of drug-likeness (QED) is 0.580. The molecule has 3 amide bonds. The molecule has 2 N–H and O–H groups in total. The van der Waals surface area contributed by atoms with E-state index in [0.717, 1.165) is 37.4 Å². The standard InChI is InChI=1S/C28H34N4O4/c1-18(2)31-13-12-23(29-15-19-6-4-3-5-7-19)25(17-31)36-21-8-9-22-20(14-21)16-32(28(22)35)24-10-11-26(33)30-27(24)34/h3-9,14,18,23-25,29H,10-13,15-17H2,1-2H3,(H,30,33,34)/t23-,24?,25-/m0/s1. The number of amides is 3. The van der Waals surface area contributed by atoms with E-state index in [9.17, 15) is 14.4 Å². The molecule has 5 rings (SSSR count). The summed E-state index contributed by atoms with van der Waals surface area (Å²) in [6.45, 7) is 7.38. The van der Waals surface area contributed by atoms with Gasteiger partial charge in [0, 0.05) is 50.2 Å². The van der Waals surface area contributed by atoms with Gasteiger partial charge in [0.25, 0.3) is 5.91 Å². The number of nitrogens with zero attached hydrogens (tertiary/aromatic N) is 2. The SMILES string of the molecule is CC(C)N1CC[C@H](NCc2ccccc2)[C@@H](Oc2ccc3c(c2)CN(C2CCC(=O)NC2=O)C3=O)C1. The van der Waals surface area contributed by atoms with Gasteiger partial charge in [-0.05, 0) is 56.0 Å². The topological polar surface area (TPSA) is 91.0 Å². The van der Waals surface area contributed by atoms with Crippen molar-refractivity contribution in [1.82, 2.24) is 20.4 Å². The van der Waals surface area contributed by atoms with Gasteiger partial charge < -0.3 is 15.0 Å². The van der Waals surface area contributed by atoms with Gasteiger partial charge in [-0.2, -0.15) is 0 Å². The first-order valence-electron chi connectivity index (χ1n) is 12.8. The monoisotopic (exact) mass is 490 g/mol. The molecular formula is C28H34N4O4. The Labute approximate surface area is 212 Å². The van der Waals surface area contributed by atoms with Crippen LogP contribution >= 0.6 is 0 Å². The number of fused-ring (bicyclic) bond motifs is 1. The van der Waals surface area contributed by atoms with Crippen molar-refractivity contribution in [3.8, 4) is 5.75 Å². The Morgan fingerprint density at radius 2 is 1.89 bits per heavy atom. The average molecular weight is 491 g/mol. The van der Waals surface area contributed by atoms with Crippen LogP contribution in [0.25, 0.3) is 0 Å². The normalized spacial score (nSPS) is 24.7. The minimum atomic E-state index is -0.614. The Morgan fingerprint density at radius 3 is 2.64 bits per heavy atom. The highest BCUT2D eigenvalue weighted by Crippen LogP contribution is 2.31. The second-order valence-electron chi connectivity index (χ2n) is 10.2. The van der Waals surface area contributed by atoms with Crippen LogP contribution in [0, 0.1) is 0 Å². The van der Waals surface area contributed by atoms with Crippen molar-refractivity contribution in [2.75, 3.05) is 13.1 Å². The maximum atomic E-state index is 13.0. The highest BCUT2D eigenvalue weighted by molar-refractivity contribution is 6.05. The van der Waals surface area contributed by atoms with Gasteiger partial charge in [0.05, 0.1) is 0 Å². The molecule has 2 saturated heterocycles. The fraction of sp³-hybridized carbons (Fsp3) is 0.464. The maximum absolute atomic E-state index is 13.0. The smallest absolute Gasteiger partial charge is 0.255 e. The van der Waals surface area contributed by atoms with Crippen molar-refractivity contribution in [1.29, 1.82) is 0 Å². The zero-order valence-corrected chi connectivity index (χ0v) is 20.9. The van der Waals surface area contributed by atoms with E-state index in [4.69, 9.17) is 4.74 Å². The molecule has 0 spiro atoms. The second kappa shape index (κ2) is 10.4. The van der Waals surface area contributed by atoms with Gasteiger partial charge >= 0.3 is 0 Å². The third-order valence-electron chi connectivity index (χ3n) is 7.51. The first-order valence-corrected chi connectivity index (χ1v) is 12.8. The van der Waals surface area contributed by atoms with Crippen molar-refractivity contribution in [2.45, 2.75) is 70.4 Å². The molecule has 3 atom stereocenters. The van der Waals surface area contributed by atoms with Crippen molar-refractivity contribution >= 4 is 17.7 Å². The third-order valence-corrected chi connectivity index (χ3v) is 7.51. The highest BCUT2D eigenvalue weighted by atomic mass is 16.5. The minimum Gasteiger partial charge on any atom is -0.487 e. The number of hydrogen-bond donors (Lipinski definition) is 2. The molecular weight excluding hydrogens is 456 g/mol. The van der Waals surface area contributed by atoms with Crippen LogP contribution in [0.1, 0.15) is 54.6 Å². The van der Waals surface area contributed by atoms with Gasteiger partial charge in [-0.25, -0.2) is 0 Å². The molecule has 8 heteroatoms. The van der Waals surface area contributed by atoms with E-state index in [0.29, 0.717) is 24.6 Å². The number of ether oxygens (including phenoxy) is 1. The molecule has 2 fully saturated rings. The molecule has 190 valence electrons. The molecule has 3 heterocycles. The summed E-state index contributed by atoms with van der Waals surface area (Å²) in [7, 11) is 0. The van der Waals surface area contributed by atoms with Crippen LogP contribution < -0.4 is 15.4 Å². The molecule has 2 aromatic carbocycles. The minimum absolute atomic E-state index is 0.0359. The largest absolute Gasteiger partial charge is 0.487 e. The first kappa shape index (κ1) is 24.5. The number of benzene rings is 2. The zero-order valence-electron chi connectivity index (χ0n) is 20.9. The Bertz CT molecular complexity index is 1140. The van der Waals surface area contributed by atoms with Crippen molar-refractivity contribution in [2.24, 2.45) is 0 Å². The van der Waals surface area contributed by atoms with Crippen LogP contribution in [0.5, 0.6) is 5.75 Å². The van der Waals surface area contributed by atoms with Gasteiger partial charge in [0.1, 0.15) is 17.9 Å². The van der Waals surface area contributed by atoms with Gasteiger partial charge in [-0.3, -0.25) is 24.6 Å². The van der Waals surface area contributed by atoms with Crippen LogP contribution in [0.2, 0.25) is 0 Å². The Morgan fingerprint density at radius 1 is 1.08 bits per heavy atom. The Kier molecular flexibility index (Phi) is 7.07. The van der Waals surface area contributed by atoms with Crippen LogP contribution in [0.4, 0.5) is 0 Å². The van der Waals surface area contributed by atoms with Crippen molar-refractivity contribution in [3.05, 3.63) is 65.2 Å². The van der Waals surface area contributed by atoms with Crippen LogP contribution in [-0.2, 0) is 22.7 Å². The van der Waals surface area contributed by atoms with E-state index >= 15 is 0 Å². The molecule has 0 saturated carbocycles. The lowest BCUT2D eigenvalue weighted by Gasteiger charge is -2.40. The third kappa shape index (κ3) is 5.15. The summed E-state index contributed by atoms with van der Waals surface area (Å²) < 4.78 is 6.56. The highest BCUT2D eigenvalue weighted by Gasteiger charge is 2.39. The summed E-state index contributed by atoms with van der Waals surface area (Å²) in [5.41, 5.74) is 2.69. The number of piperidine rings is 2. The molecule has 0 aliphatic carbocycles. The molecule has 0 radical (unpaired) electrons. The first-order chi connectivity index (χ1) is 17.4. The lowest BCUT2D eigenvalue weighted by molar-refractivity contribution is -0.136. The molecule has 1 unspecified atom stereocenters. The maximum Gasteiger partial charge on any atom is 0.255 e. The number of nitrogens with one attached hydrogen (secondary N) is 2. The number of hydrogen-bond acceptors (Lipinski definition) is 6. The van der Waals surface area contributed by atoms with Crippen molar-refractivity contribution in [3.63, 3.8) is 0 Å². The van der Waals surface area contributed by atoms with Crippen LogP contribution in [0.3, 0.4) is 0 Å². The molecule has 3 aliphatic rings. The fourth-order valence-electron chi connectivity index (χ4n) is 5.41. The summed E-state index contributed by atoms with van der Waals surface area (Å²) in [6.07, 6.45) is 1.56. The number of carbonyl (C=O) groups excluding carboxylic acids is 3. The zero-order chi connectivity index (χ0) is 25.2. The number of carbonyl (C=O) groups is 3. The summed E-state index contributed by atoms with van der Waals surface area (Å²) in [6, 6.07) is 16.0. The second-order valence-corrected chi connectivity index (χ2v) is 10.2. The molecule has 3 aliphatic heterocycles. The van der Waals surface area contributed by atoms with E-state index < -0.39 is 11.9 Å². The summed E-state index contributed by atoms with van der Waals surface area (Å²) in [5, 5.41) is 6.05. The summed E-state index contributed by atoms with van der Waals surface area (Å²) >= 11 is 0. The molecule has 2 aromatic rings. The lowest BCUT2D eigenvalue weighted by atomic mass is 9.99. The Balaban J connectivity index is 1.29. The van der Waals surface area contributed by atoms with E-state index in [1.54, 1.807) is 11.0 Å². The Hall–Kier alpha value is -3.23. The van der Waals surface area contributed by atoms with E-state index in [1.165, 1.54) is 5.56 Å². The summed E-state index contributed by atoms with van der Waals surface area (Å²) in [5.74, 6) is -0.118. The van der Waals surface area contributed by atoms with Gasteiger partial charge in [0.15, 0.2) is 0 Å². The average Bonchev–Trinajstić information content (AvgIpc) is 3.19. The number of rotatable bonds is 7.